The van der Waals surface area contributed by atoms with Gasteiger partial charge in [-0.2, -0.15) is 0 Å². The van der Waals surface area contributed by atoms with E-state index in [2.05, 4.69) is 61.7 Å². The van der Waals surface area contributed by atoms with Crippen molar-refractivity contribution in [3.63, 3.8) is 0 Å². The first-order valence-corrected chi connectivity index (χ1v) is 10.8. The van der Waals surface area contributed by atoms with Gasteiger partial charge in [-0.3, -0.25) is 0 Å². The molecule has 0 aliphatic heterocycles. The van der Waals surface area contributed by atoms with Crippen LogP contribution >= 0.6 is 0 Å². The number of fused-ring (bicyclic) bond motifs is 3. The largest absolute Gasteiger partial charge is 0.246 e. The van der Waals surface area contributed by atoms with Gasteiger partial charge in [0.1, 0.15) is 0 Å². The highest BCUT2D eigenvalue weighted by atomic mass is 14.8. The molecule has 0 saturated carbocycles. The van der Waals surface area contributed by atoms with Crippen molar-refractivity contribution >= 4 is 33.0 Å². The summed E-state index contributed by atoms with van der Waals surface area (Å²) in [6.45, 7) is 15.7. The number of hydrogen-bond acceptors (Lipinski definition) is 2. The lowest BCUT2D eigenvalue weighted by Gasteiger charge is -2.10. The fraction of sp³-hybridized carbons (Fsp3) is 0.214. The first-order valence-electron chi connectivity index (χ1n) is 10.8. The third-order valence-electron chi connectivity index (χ3n) is 4.62. The summed E-state index contributed by atoms with van der Waals surface area (Å²) in [5, 5.41) is 2.18. The zero-order valence-corrected chi connectivity index (χ0v) is 18.7. The maximum atomic E-state index is 4.95. The molecule has 2 heteroatoms. The van der Waals surface area contributed by atoms with E-state index in [0.29, 0.717) is 0 Å². The average Bonchev–Trinajstić information content (AvgIpc) is 2.85. The lowest BCUT2D eigenvalue weighted by molar-refractivity contribution is 1.04. The van der Waals surface area contributed by atoms with E-state index in [9.17, 15) is 0 Å². The maximum Gasteiger partial charge on any atom is 0.0972 e. The van der Waals surface area contributed by atoms with Crippen LogP contribution in [0.25, 0.3) is 33.0 Å². The van der Waals surface area contributed by atoms with Gasteiger partial charge >= 0.3 is 0 Å². The van der Waals surface area contributed by atoms with Crippen molar-refractivity contribution in [1.29, 1.82) is 0 Å². The van der Waals surface area contributed by atoms with Crippen molar-refractivity contribution < 1.29 is 0 Å². The zero-order valence-electron chi connectivity index (χ0n) is 18.7. The van der Waals surface area contributed by atoms with Gasteiger partial charge in [-0.05, 0) is 36.1 Å². The molecular weight excluding hydrogens is 364 g/mol. The van der Waals surface area contributed by atoms with E-state index in [1.165, 1.54) is 5.57 Å². The number of aromatic nitrogens is 2. The molecule has 1 aliphatic rings. The molecule has 0 radical (unpaired) electrons. The summed E-state index contributed by atoms with van der Waals surface area (Å²) >= 11 is 0. The predicted octanol–water partition coefficient (Wildman–Crippen LogP) is 8.32. The molecule has 0 atom stereocenters. The van der Waals surface area contributed by atoms with E-state index in [4.69, 9.17) is 9.97 Å². The summed E-state index contributed by atoms with van der Waals surface area (Å²) in [5.41, 5.74) is 5.86. The highest BCUT2D eigenvalue weighted by Gasteiger charge is 2.09. The van der Waals surface area contributed by atoms with Crippen LogP contribution in [0.4, 0.5) is 0 Å². The Morgan fingerprint density at radius 3 is 2.07 bits per heavy atom. The molecule has 3 aromatic rings. The van der Waals surface area contributed by atoms with Crippen molar-refractivity contribution in [2.75, 3.05) is 0 Å². The third kappa shape index (κ3) is 5.01. The topological polar surface area (TPSA) is 25.8 Å². The highest BCUT2D eigenvalue weighted by Crippen LogP contribution is 2.28. The quantitative estimate of drug-likeness (QED) is 0.327. The standard InChI is InChI=1S/C24H20N2.2C2H6/c1-3-8-17(4-2)21-15-13-19-11-12-20-14-16-22(18-9-6-5-7-10-18)26-24(20)23(19)25-21;2*1-2/h3-4,6,8-16H,1-2,5,7H2;2*1-2H3/b17-8+;;. The monoisotopic (exact) mass is 396 g/mol. The van der Waals surface area contributed by atoms with Gasteiger partial charge in [0, 0.05) is 10.8 Å². The fourth-order valence-electron chi connectivity index (χ4n) is 3.28. The highest BCUT2D eigenvalue weighted by molar-refractivity contribution is 6.03. The fourth-order valence-corrected chi connectivity index (χ4v) is 3.28. The maximum absolute atomic E-state index is 4.95. The second kappa shape index (κ2) is 11.7. The zero-order chi connectivity index (χ0) is 21.9. The average molecular weight is 397 g/mol. The van der Waals surface area contributed by atoms with Crippen molar-refractivity contribution in [2.24, 2.45) is 0 Å². The summed E-state index contributed by atoms with van der Waals surface area (Å²) in [5.74, 6) is 0. The Bertz CT molecular complexity index is 1110. The molecule has 1 aliphatic carbocycles. The van der Waals surface area contributed by atoms with Gasteiger partial charge in [0.05, 0.1) is 22.4 Å². The second-order valence-electron chi connectivity index (χ2n) is 6.30. The van der Waals surface area contributed by atoms with Gasteiger partial charge in [-0.15, -0.1) is 0 Å². The number of nitrogens with zero attached hydrogens (tertiary/aromatic N) is 2. The van der Waals surface area contributed by atoms with Crippen molar-refractivity contribution in [2.45, 2.75) is 40.5 Å². The van der Waals surface area contributed by atoms with Crippen molar-refractivity contribution in [3.8, 4) is 0 Å². The molecule has 2 aromatic heterocycles. The summed E-state index contributed by atoms with van der Waals surface area (Å²) in [7, 11) is 0. The third-order valence-corrected chi connectivity index (χ3v) is 4.62. The Kier molecular flexibility index (Phi) is 8.96. The van der Waals surface area contributed by atoms with Gasteiger partial charge in [-0.1, -0.05) is 102 Å². The van der Waals surface area contributed by atoms with E-state index < -0.39 is 0 Å². The molecule has 1 aromatic carbocycles. The molecule has 2 heterocycles. The molecule has 154 valence electrons. The smallest absolute Gasteiger partial charge is 0.0972 e. The van der Waals surface area contributed by atoms with Crippen LogP contribution in [0, 0.1) is 0 Å². The SMILES string of the molecule is C=C/C=C(\C=C)c1ccc2ccc3ccc(C4=CCCC=C4)nc3c2n1.CC.CC. The van der Waals surface area contributed by atoms with E-state index in [1.807, 2.05) is 39.8 Å². The number of benzene rings is 1. The molecule has 4 rings (SSSR count). The number of rotatable bonds is 4. The summed E-state index contributed by atoms with van der Waals surface area (Å²) in [6, 6.07) is 12.5. The van der Waals surface area contributed by atoms with E-state index in [0.717, 1.165) is 51.6 Å². The van der Waals surface area contributed by atoms with Gasteiger partial charge in [0.2, 0.25) is 0 Å². The Morgan fingerprint density at radius 1 is 0.833 bits per heavy atom. The molecule has 2 nitrogen and oxygen atoms in total. The Labute approximate surface area is 181 Å². The van der Waals surface area contributed by atoms with Crippen LogP contribution in [0.3, 0.4) is 0 Å². The predicted molar refractivity (Wildman–Crippen MR) is 134 cm³/mol. The Morgan fingerprint density at radius 2 is 1.47 bits per heavy atom. The van der Waals surface area contributed by atoms with Crippen LogP contribution in [0.1, 0.15) is 51.9 Å². The molecule has 0 spiro atoms. The molecule has 0 bridgehead atoms. The minimum absolute atomic E-state index is 0.879. The van der Waals surface area contributed by atoms with Crippen LogP contribution in [0.5, 0.6) is 0 Å². The van der Waals surface area contributed by atoms with Gasteiger partial charge < -0.3 is 0 Å². The van der Waals surface area contributed by atoms with E-state index in [1.54, 1.807) is 12.2 Å². The summed E-state index contributed by atoms with van der Waals surface area (Å²) in [6.07, 6.45) is 14.3. The first kappa shape index (κ1) is 23.0. The van der Waals surface area contributed by atoms with Crippen LogP contribution in [-0.4, -0.2) is 9.97 Å². The molecule has 0 fully saturated rings. The Balaban J connectivity index is 0.000000757. The van der Waals surface area contributed by atoms with Crippen molar-refractivity contribution in [3.05, 3.63) is 97.4 Å². The number of pyridine rings is 2. The lowest BCUT2D eigenvalue weighted by Crippen LogP contribution is -1.94. The molecule has 0 saturated heterocycles. The first-order chi connectivity index (χ1) is 14.8. The van der Waals surface area contributed by atoms with E-state index in [-0.39, 0.29) is 0 Å². The number of allylic oxidation sites excluding steroid dienone is 8. The van der Waals surface area contributed by atoms with Gasteiger partial charge in [0.25, 0.3) is 0 Å². The normalized spacial score (nSPS) is 12.9. The van der Waals surface area contributed by atoms with Gasteiger partial charge in [-0.25, -0.2) is 9.97 Å². The van der Waals surface area contributed by atoms with Crippen LogP contribution in [0.2, 0.25) is 0 Å². The Hall–Kier alpha value is -3.26. The molecule has 0 N–H and O–H groups in total. The minimum atomic E-state index is 0.879. The second-order valence-corrected chi connectivity index (χ2v) is 6.30. The van der Waals surface area contributed by atoms with Crippen LogP contribution in [0.15, 0.2) is 86.0 Å². The van der Waals surface area contributed by atoms with Crippen LogP contribution in [-0.2, 0) is 0 Å². The van der Waals surface area contributed by atoms with E-state index >= 15 is 0 Å². The van der Waals surface area contributed by atoms with Crippen molar-refractivity contribution in [1.82, 2.24) is 9.97 Å². The lowest BCUT2D eigenvalue weighted by atomic mass is 10.0. The number of hydrogen-bond donors (Lipinski definition) is 0. The molecular formula is C28H32N2. The molecule has 0 amide bonds. The van der Waals surface area contributed by atoms with Gasteiger partial charge in [0.15, 0.2) is 0 Å². The molecule has 0 unspecified atom stereocenters. The minimum Gasteiger partial charge on any atom is -0.246 e. The molecule has 30 heavy (non-hydrogen) atoms. The van der Waals surface area contributed by atoms with Crippen LogP contribution < -0.4 is 0 Å². The summed E-state index contributed by atoms with van der Waals surface area (Å²) < 4.78 is 0. The summed E-state index contributed by atoms with van der Waals surface area (Å²) in [4.78, 5) is 9.84.